The van der Waals surface area contributed by atoms with Crippen molar-refractivity contribution in [3.05, 3.63) is 29.8 Å². The van der Waals surface area contributed by atoms with Crippen molar-refractivity contribution in [2.75, 3.05) is 45.3 Å². The minimum Gasteiger partial charge on any atom is -0.378 e. The molecule has 2 atom stereocenters. The van der Waals surface area contributed by atoms with Crippen LogP contribution in [-0.2, 0) is 9.53 Å². The molecule has 1 fully saturated rings. The zero-order valence-electron chi connectivity index (χ0n) is 14.7. The van der Waals surface area contributed by atoms with E-state index in [1.54, 1.807) is 0 Å². The van der Waals surface area contributed by atoms with E-state index in [1.165, 1.54) is 5.69 Å². The van der Waals surface area contributed by atoms with E-state index in [0.717, 1.165) is 38.3 Å². The summed E-state index contributed by atoms with van der Waals surface area (Å²) in [6.45, 7) is 7.40. The van der Waals surface area contributed by atoms with E-state index in [-0.39, 0.29) is 18.0 Å². The Balaban J connectivity index is 2.12. The number of ether oxygens (including phenoxy) is 1. The Labute approximate surface area is 139 Å². The number of hydrogen-bond donors (Lipinski definition) is 1. The fourth-order valence-corrected chi connectivity index (χ4v) is 3.12. The normalized spacial score (nSPS) is 17.9. The summed E-state index contributed by atoms with van der Waals surface area (Å²) in [6.07, 6.45) is 0.802. The van der Waals surface area contributed by atoms with Crippen LogP contribution in [0.2, 0.25) is 0 Å². The number of rotatable bonds is 6. The van der Waals surface area contributed by atoms with E-state index in [0.29, 0.717) is 0 Å². The van der Waals surface area contributed by atoms with Gasteiger partial charge in [0.15, 0.2) is 0 Å². The number of carbonyl (C=O) groups is 1. The smallest absolute Gasteiger partial charge is 0.237 e. The third kappa shape index (κ3) is 4.45. The van der Waals surface area contributed by atoms with E-state index in [4.69, 9.17) is 4.74 Å². The van der Waals surface area contributed by atoms with Gasteiger partial charge in [-0.25, -0.2) is 0 Å². The summed E-state index contributed by atoms with van der Waals surface area (Å²) in [7, 11) is 3.89. The minimum atomic E-state index is -0.0898. The molecule has 23 heavy (non-hydrogen) atoms. The molecule has 0 aliphatic carbocycles. The predicted octanol–water partition coefficient (Wildman–Crippen LogP) is 2.04. The van der Waals surface area contributed by atoms with Crippen molar-refractivity contribution in [2.24, 2.45) is 0 Å². The van der Waals surface area contributed by atoms with Gasteiger partial charge in [0.25, 0.3) is 0 Å². The molecule has 5 heteroatoms. The van der Waals surface area contributed by atoms with Gasteiger partial charge in [-0.3, -0.25) is 9.69 Å². The second-order valence-corrected chi connectivity index (χ2v) is 6.28. The quantitative estimate of drug-likeness (QED) is 0.871. The van der Waals surface area contributed by atoms with Crippen LogP contribution in [-0.4, -0.2) is 57.2 Å². The molecular weight excluding hydrogens is 290 g/mol. The molecule has 2 rings (SSSR count). The Bertz CT molecular complexity index is 513. The highest BCUT2D eigenvalue weighted by atomic mass is 16.5. The summed E-state index contributed by atoms with van der Waals surface area (Å²) in [6, 6.07) is 8.21. The highest BCUT2D eigenvalue weighted by Gasteiger charge is 2.23. The summed E-state index contributed by atoms with van der Waals surface area (Å²) in [5, 5.41) is 3.17. The average molecular weight is 319 g/mol. The Kier molecular flexibility index (Phi) is 6.42. The number of carbonyl (C=O) groups excluding carboxylic acids is 1. The zero-order valence-corrected chi connectivity index (χ0v) is 14.7. The summed E-state index contributed by atoms with van der Waals surface area (Å²) in [5.41, 5.74) is 2.36. The monoisotopic (exact) mass is 319 g/mol. The molecule has 1 aromatic rings. The maximum absolute atomic E-state index is 12.5. The molecule has 1 amide bonds. The molecule has 1 aliphatic rings. The van der Waals surface area contributed by atoms with Crippen LogP contribution in [0.4, 0.5) is 5.69 Å². The number of para-hydroxylation sites is 1. The van der Waals surface area contributed by atoms with Crippen LogP contribution in [0, 0.1) is 0 Å². The molecule has 0 aromatic heterocycles. The molecule has 5 nitrogen and oxygen atoms in total. The molecule has 1 N–H and O–H groups in total. The lowest BCUT2D eigenvalue weighted by Gasteiger charge is -2.32. The van der Waals surface area contributed by atoms with Gasteiger partial charge in [-0.05, 0) is 39.1 Å². The van der Waals surface area contributed by atoms with Crippen molar-refractivity contribution in [2.45, 2.75) is 32.4 Å². The largest absolute Gasteiger partial charge is 0.378 e. The van der Waals surface area contributed by atoms with Crippen LogP contribution in [0.5, 0.6) is 0 Å². The number of nitrogens with zero attached hydrogens (tertiary/aromatic N) is 2. The van der Waals surface area contributed by atoms with E-state index in [2.05, 4.69) is 35.3 Å². The first-order valence-electron chi connectivity index (χ1n) is 8.43. The lowest BCUT2D eigenvalue weighted by Crippen LogP contribution is -2.44. The second-order valence-electron chi connectivity index (χ2n) is 6.28. The van der Waals surface area contributed by atoms with E-state index in [9.17, 15) is 4.79 Å². The molecular formula is C18H29N3O2. The number of nitrogens with one attached hydrogen (secondary N) is 1. The van der Waals surface area contributed by atoms with Gasteiger partial charge in [0, 0.05) is 18.8 Å². The molecule has 1 saturated heterocycles. The fourth-order valence-electron chi connectivity index (χ4n) is 3.12. The van der Waals surface area contributed by atoms with Crippen molar-refractivity contribution in [1.82, 2.24) is 10.2 Å². The number of hydrogen-bond acceptors (Lipinski definition) is 4. The Morgan fingerprint density at radius 1 is 1.30 bits per heavy atom. The topological polar surface area (TPSA) is 44.8 Å². The molecule has 128 valence electrons. The van der Waals surface area contributed by atoms with Crippen LogP contribution in [0.15, 0.2) is 24.3 Å². The van der Waals surface area contributed by atoms with Crippen molar-refractivity contribution < 1.29 is 9.53 Å². The van der Waals surface area contributed by atoms with E-state index < -0.39 is 0 Å². The maximum Gasteiger partial charge on any atom is 0.237 e. The molecule has 0 radical (unpaired) electrons. The van der Waals surface area contributed by atoms with Gasteiger partial charge in [0.1, 0.15) is 0 Å². The molecule has 1 aliphatic heterocycles. The lowest BCUT2D eigenvalue weighted by atomic mass is 10.0. The van der Waals surface area contributed by atoms with Crippen LogP contribution >= 0.6 is 0 Å². The summed E-state index contributed by atoms with van der Waals surface area (Å²) < 4.78 is 5.44. The average Bonchev–Trinajstić information content (AvgIpc) is 2.56. The van der Waals surface area contributed by atoms with Gasteiger partial charge in [-0.2, -0.15) is 0 Å². The highest BCUT2D eigenvalue weighted by molar-refractivity contribution is 5.82. The standard InChI is InChI=1S/C18H29N3O2/c1-5-16(20(3)4)18(22)19-14(2)15-8-6-7-9-17(15)21-10-12-23-13-11-21/h6-9,14,16H,5,10-13H2,1-4H3,(H,19,22)/t14-,16+/m0/s1. The van der Waals surface area contributed by atoms with Crippen LogP contribution in [0.25, 0.3) is 0 Å². The number of anilines is 1. The van der Waals surface area contributed by atoms with Gasteiger partial charge in [-0.15, -0.1) is 0 Å². The molecule has 0 spiro atoms. The first-order chi connectivity index (χ1) is 11.0. The summed E-state index contributed by atoms with van der Waals surface area (Å²) in [5.74, 6) is 0.0850. The second kappa shape index (κ2) is 8.31. The molecule has 0 bridgehead atoms. The minimum absolute atomic E-state index is 0.0180. The van der Waals surface area contributed by atoms with Gasteiger partial charge in [0.05, 0.1) is 25.3 Å². The number of benzene rings is 1. The fraction of sp³-hybridized carbons (Fsp3) is 0.611. The molecule has 1 aromatic carbocycles. The number of morpholine rings is 1. The number of likely N-dealkylation sites (N-methyl/N-ethyl adjacent to an activating group) is 1. The Morgan fingerprint density at radius 2 is 1.96 bits per heavy atom. The van der Waals surface area contributed by atoms with E-state index in [1.807, 2.05) is 32.0 Å². The predicted molar refractivity (Wildman–Crippen MR) is 93.8 cm³/mol. The van der Waals surface area contributed by atoms with Gasteiger partial charge in [-0.1, -0.05) is 25.1 Å². The summed E-state index contributed by atoms with van der Waals surface area (Å²) >= 11 is 0. The lowest BCUT2D eigenvalue weighted by molar-refractivity contribution is -0.126. The zero-order chi connectivity index (χ0) is 16.8. The van der Waals surface area contributed by atoms with Gasteiger partial charge >= 0.3 is 0 Å². The molecule has 0 unspecified atom stereocenters. The van der Waals surface area contributed by atoms with Crippen molar-refractivity contribution in [1.29, 1.82) is 0 Å². The first-order valence-corrected chi connectivity index (χ1v) is 8.43. The Hall–Kier alpha value is -1.59. The van der Waals surface area contributed by atoms with E-state index >= 15 is 0 Å². The third-order valence-corrected chi connectivity index (χ3v) is 4.43. The van der Waals surface area contributed by atoms with Crippen LogP contribution in [0.1, 0.15) is 31.9 Å². The van der Waals surface area contributed by atoms with Crippen molar-refractivity contribution in [3.63, 3.8) is 0 Å². The van der Waals surface area contributed by atoms with Gasteiger partial charge in [0.2, 0.25) is 5.91 Å². The molecule has 1 heterocycles. The number of amides is 1. The summed E-state index contributed by atoms with van der Waals surface area (Å²) in [4.78, 5) is 16.8. The SMILES string of the molecule is CC[C@H](C(=O)N[C@@H](C)c1ccccc1N1CCOCC1)N(C)C. The first kappa shape index (κ1) is 17.8. The third-order valence-electron chi connectivity index (χ3n) is 4.43. The van der Waals surface area contributed by atoms with Crippen molar-refractivity contribution >= 4 is 11.6 Å². The van der Waals surface area contributed by atoms with Crippen molar-refractivity contribution in [3.8, 4) is 0 Å². The molecule has 0 saturated carbocycles. The van der Waals surface area contributed by atoms with Crippen LogP contribution in [0.3, 0.4) is 0 Å². The highest BCUT2D eigenvalue weighted by Crippen LogP contribution is 2.27. The van der Waals surface area contributed by atoms with Gasteiger partial charge < -0.3 is 15.0 Å². The van der Waals surface area contributed by atoms with Crippen LogP contribution < -0.4 is 10.2 Å². The Morgan fingerprint density at radius 3 is 2.57 bits per heavy atom. The maximum atomic E-state index is 12.5.